The molecule has 7 nitrogen and oxygen atoms in total. The first-order valence-corrected chi connectivity index (χ1v) is 8.15. The van der Waals surface area contributed by atoms with Crippen molar-refractivity contribution in [1.82, 2.24) is 5.32 Å². The summed E-state index contributed by atoms with van der Waals surface area (Å²) in [7, 11) is 1.60. The molecule has 0 radical (unpaired) electrons. The molecule has 2 aromatic carbocycles. The third-order valence-electron chi connectivity index (χ3n) is 3.71. The highest BCUT2D eigenvalue weighted by Gasteiger charge is 2.11. The van der Waals surface area contributed by atoms with E-state index in [1.165, 1.54) is 24.4 Å². The molecule has 0 spiro atoms. The van der Waals surface area contributed by atoms with Crippen LogP contribution in [0.2, 0.25) is 0 Å². The molecule has 138 valence electrons. The Bertz CT molecular complexity index is 900. The van der Waals surface area contributed by atoms with E-state index in [0.29, 0.717) is 18.7 Å². The highest BCUT2D eigenvalue weighted by Crippen LogP contribution is 2.17. The van der Waals surface area contributed by atoms with Crippen LogP contribution in [0.15, 0.2) is 60.3 Å². The average Bonchev–Trinajstić information content (AvgIpc) is 2.68. The molecular formula is C20H19N3O4. The molecule has 0 aliphatic carbocycles. The molecule has 2 rings (SSSR count). The van der Waals surface area contributed by atoms with Crippen molar-refractivity contribution < 1.29 is 19.4 Å². The van der Waals surface area contributed by atoms with Crippen LogP contribution in [0.4, 0.5) is 5.69 Å². The third kappa shape index (κ3) is 5.61. The van der Waals surface area contributed by atoms with Gasteiger partial charge in [0.2, 0.25) is 0 Å². The topological polar surface area (TPSA) is 111 Å². The van der Waals surface area contributed by atoms with Crippen molar-refractivity contribution in [2.24, 2.45) is 0 Å². The SMILES string of the molecule is COc1ccccc1CCN/C=C(/C#N)C(=O)Nc1cccc(C(=O)O)c1. The molecule has 7 heteroatoms. The smallest absolute Gasteiger partial charge is 0.335 e. The van der Waals surface area contributed by atoms with Crippen molar-refractivity contribution in [1.29, 1.82) is 5.26 Å². The minimum absolute atomic E-state index is 0.0465. The van der Waals surface area contributed by atoms with Gasteiger partial charge in [0.25, 0.3) is 5.91 Å². The Labute approximate surface area is 156 Å². The van der Waals surface area contributed by atoms with Crippen LogP contribution < -0.4 is 15.4 Å². The maximum Gasteiger partial charge on any atom is 0.335 e. The van der Waals surface area contributed by atoms with E-state index in [1.807, 2.05) is 30.3 Å². The number of methoxy groups -OCH3 is 1. The number of carbonyl (C=O) groups excluding carboxylic acids is 1. The fourth-order valence-electron chi connectivity index (χ4n) is 2.37. The number of hydrogen-bond acceptors (Lipinski definition) is 5. The number of rotatable bonds is 8. The molecule has 1 amide bonds. The van der Waals surface area contributed by atoms with Crippen molar-refractivity contribution in [2.75, 3.05) is 19.0 Å². The van der Waals surface area contributed by atoms with E-state index in [-0.39, 0.29) is 11.1 Å². The molecule has 2 aromatic rings. The number of aromatic carboxylic acids is 1. The Morgan fingerprint density at radius 2 is 2.00 bits per heavy atom. The van der Waals surface area contributed by atoms with E-state index < -0.39 is 11.9 Å². The summed E-state index contributed by atoms with van der Waals surface area (Å²) in [5.41, 5.74) is 1.24. The molecule has 0 saturated carbocycles. The minimum Gasteiger partial charge on any atom is -0.496 e. The number of para-hydroxylation sites is 1. The minimum atomic E-state index is -1.10. The van der Waals surface area contributed by atoms with Crippen molar-refractivity contribution >= 4 is 17.6 Å². The number of amides is 1. The lowest BCUT2D eigenvalue weighted by Crippen LogP contribution is -2.18. The first-order chi connectivity index (χ1) is 13.0. The van der Waals surface area contributed by atoms with E-state index in [4.69, 9.17) is 9.84 Å². The lowest BCUT2D eigenvalue weighted by Gasteiger charge is -2.08. The molecular weight excluding hydrogens is 346 g/mol. The van der Waals surface area contributed by atoms with Gasteiger partial charge < -0.3 is 20.5 Å². The second kappa shape index (κ2) is 9.63. The van der Waals surface area contributed by atoms with Crippen molar-refractivity contribution in [3.8, 4) is 11.8 Å². The summed E-state index contributed by atoms with van der Waals surface area (Å²) >= 11 is 0. The molecule has 0 aromatic heterocycles. The van der Waals surface area contributed by atoms with Crippen LogP contribution in [0.5, 0.6) is 5.75 Å². The second-order valence-corrected chi connectivity index (χ2v) is 5.53. The number of ether oxygens (including phenoxy) is 1. The molecule has 0 heterocycles. The number of nitrogens with zero attached hydrogens (tertiary/aromatic N) is 1. The van der Waals surface area contributed by atoms with E-state index in [1.54, 1.807) is 13.2 Å². The van der Waals surface area contributed by atoms with E-state index in [2.05, 4.69) is 10.6 Å². The Hall–Kier alpha value is -3.79. The molecule has 0 unspecified atom stereocenters. The summed E-state index contributed by atoms with van der Waals surface area (Å²) in [5.74, 6) is -0.940. The fraction of sp³-hybridized carbons (Fsp3) is 0.150. The number of carboxylic acid groups (broad SMARTS) is 1. The van der Waals surface area contributed by atoms with E-state index >= 15 is 0 Å². The third-order valence-corrected chi connectivity index (χ3v) is 3.71. The summed E-state index contributed by atoms with van der Waals surface area (Å²) in [6.45, 7) is 0.507. The number of nitriles is 1. The Kier molecular flexibility index (Phi) is 6.97. The van der Waals surface area contributed by atoms with Crippen LogP contribution in [-0.2, 0) is 11.2 Å². The van der Waals surface area contributed by atoms with Gasteiger partial charge >= 0.3 is 5.97 Å². The number of hydrogen-bond donors (Lipinski definition) is 3. The maximum atomic E-state index is 12.2. The van der Waals surface area contributed by atoms with Gasteiger partial charge in [-0.2, -0.15) is 5.26 Å². The lowest BCUT2D eigenvalue weighted by molar-refractivity contribution is -0.112. The largest absolute Gasteiger partial charge is 0.496 e. The number of anilines is 1. The number of carboxylic acids is 1. The van der Waals surface area contributed by atoms with Gasteiger partial charge in [-0.15, -0.1) is 0 Å². The Morgan fingerprint density at radius 1 is 1.22 bits per heavy atom. The zero-order valence-corrected chi connectivity index (χ0v) is 14.7. The van der Waals surface area contributed by atoms with Crippen molar-refractivity contribution in [3.63, 3.8) is 0 Å². The van der Waals surface area contributed by atoms with Gasteiger partial charge in [0.15, 0.2) is 0 Å². The zero-order valence-electron chi connectivity index (χ0n) is 14.7. The van der Waals surface area contributed by atoms with Gasteiger partial charge in [-0.05, 0) is 36.2 Å². The second-order valence-electron chi connectivity index (χ2n) is 5.53. The quantitative estimate of drug-likeness (QED) is 0.377. The van der Waals surface area contributed by atoms with Gasteiger partial charge in [-0.1, -0.05) is 24.3 Å². The maximum absolute atomic E-state index is 12.2. The highest BCUT2D eigenvalue weighted by atomic mass is 16.5. The molecule has 0 fully saturated rings. The summed E-state index contributed by atoms with van der Waals surface area (Å²) in [4.78, 5) is 23.2. The number of nitrogens with one attached hydrogen (secondary N) is 2. The first-order valence-electron chi connectivity index (χ1n) is 8.15. The fourth-order valence-corrected chi connectivity index (χ4v) is 2.37. The summed E-state index contributed by atoms with van der Waals surface area (Å²) < 4.78 is 5.27. The number of benzene rings is 2. The van der Waals surface area contributed by atoms with Crippen LogP contribution in [-0.4, -0.2) is 30.6 Å². The van der Waals surface area contributed by atoms with Gasteiger partial charge in [0, 0.05) is 18.4 Å². The molecule has 0 saturated heterocycles. The van der Waals surface area contributed by atoms with Crippen molar-refractivity contribution in [2.45, 2.75) is 6.42 Å². The van der Waals surface area contributed by atoms with Crippen LogP contribution in [0.3, 0.4) is 0 Å². The Morgan fingerprint density at radius 3 is 2.70 bits per heavy atom. The normalized spacial score (nSPS) is 10.6. The molecule has 0 atom stereocenters. The molecule has 3 N–H and O–H groups in total. The van der Waals surface area contributed by atoms with Gasteiger partial charge in [0.05, 0.1) is 12.7 Å². The predicted molar refractivity (Wildman–Crippen MR) is 100 cm³/mol. The van der Waals surface area contributed by atoms with Gasteiger partial charge in [-0.3, -0.25) is 4.79 Å². The van der Waals surface area contributed by atoms with E-state index in [9.17, 15) is 14.9 Å². The number of carbonyl (C=O) groups is 2. The standard InChI is InChI=1S/C20H19N3O4/c1-27-18-8-3-2-5-14(18)9-10-22-13-16(12-21)19(24)23-17-7-4-6-15(11-17)20(25)26/h2-8,11,13,22H,9-10H2,1H3,(H,23,24)(H,25,26)/b16-13-. The van der Waals surface area contributed by atoms with Crippen LogP contribution >= 0.6 is 0 Å². The van der Waals surface area contributed by atoms with Crippen LogP contribution in [0.1, 0.15) is 15.9 Å². The lowest BCUT2D eigenvalue weighted by atomic mass is 10.1. The zero-order chi connectivity index (χ0) is 19.6. The van der Waals surface area contributed by atoms with Crippen LogP contribution in [0, 0.1) is 11.3 Å². The summed E-state index contributed by atoms with van der Waals surface area (Å²) in [5, 5.41) is 23.6. The summed E-state index contributed by atoms with van der Waals surface area (Å²) in [6, 6.07) is 15.2. The highest BCUT2D eigenvalue weighted by molar-refractivity contribution is 6.06. The molecule has 0 bridgehead atoms. The van der Waals surface area contributed by atoms with Crippen molar-refractivity contribution in [3.05, 3.63) is 71.4 Å². The summed E-state index contributed by atoms with van der Waals surface area (Å²) in [6.07, 6.45) is 1.99. The predicted octanol–water partition coefficient (Wildman–Crippen LogP) is 2.57. The molecule has 0 aliphatic rings. The molecule has 27 heavy (non-hydrogen) atoms. The Balaban J connectivity index is 1.95. The van der Waals surface area contributed by atoms with Gasteiger partial charge in [-0.25, -0.2) is 4.79 Å². The average molecular weight is 365 g/mol. The van der Waals surface area contributed by atoms with Crippen LogP contribution in [0.25, 0.3) is 0 Å². The first kappa shape index (κ1) is 19.5. The monoisotopic (exact) mass is 365 g/mol. The van der Waals surface area contributed by atoms with E-state index in [0.717, 1.165) is 11.3 Å². The van der Waals surface area contributed by atoms with Gasteiger partial charge in [0.1, 0.15) is 17.4 Å². The molecule has 0 aliphatic heterocycles.